The van der Waals surface area contributed by atoms with E-state index in [4.69, 9.17) is 6.42 Å². The maximum Gasteiger partial charge on any atom is 0.146 e. The molecule has 1 rings (SSSR count). The summed E-state index contributed by atoms with van der Waals surface area (Å²) in [5.41, 5.74) is 2.33. The zero-order valence-electron chi connectivity index (χ0n) is 9.46. The van der Waals surface area contributed by atoms with Crippen molar-refractivity contribution in [3.05, 3.63) is 42.5 Å². The van der Waals surface area contributed by atoms with E-state index in [1.165, 1.54) is 10.5 Å². The molecule has 0 saturated heterocycles. The van der Waals surface area contributed by atoms with Gasteiger partial charge < -0.3 is 4.90 Å². The second kappa shape index (κ2) is 5.38. The van der Waals surface area contributed by atoms with Gasteiger partial charge in [-0.1, -0.05) is 36.9 Å². The van der Waals surface area contributed by atoms with Crippen molar-refractivity contribution in [1.82, 2.24) is 0 Å². The van der Waals surface area contributed by atoms with Crippen LogP contribution in [0.5, 0.6) is 0 Å². The molecule has 0 aliphatic carbocycles. The molecule has 1 aromatic carbocycles. The molecule has 1 aromatic rings. The first-order valence-electron chi connectivity index (χ1n) is 5.16. The van der Waals surface area contributed by atoms with Crippen molar-refractivity contribution in [2.24, 2.45) is 0 Å². The fourth-order valence-corrected chi connectivity index (χ4v) is 1.41. The van der Waals surface area contributed by atoms with E-state index < -0.39 is 0 Å². The normalized spacial score (nSPS) is 13.9. The Bertz CT molecular complexity index is 359. The van der Waals surface area contributed by atoms with Gasteiger partial charge in [-0.25, -0.2) is 0 Å². The van der Waals surface area contributed by atoms with Crippen LogP contribution in [0.3, 0.4) is 0 Å². The second-order valence-corrected chi connectivity index (χ2v) is 3.88. The van der Waals surface area contributed by atoms with Crippen molar-refractivity contribution in [3.8, 4) is 12.3 Å². The molecule has 0 radical (unpaired) electrons. The smallest absolute Gasteiger partial charge is 0.146 e. The number of hydrogen-bond donors (Lipinski definition) is 1. The van der Waals surface area contributed by atoms with E-state index in [1.54, 1.807) is 0 Å². The maximum absolute atomic E-state index is 5.39. The largest absolute Gasteiger partial charge is 0.321 e. The van der Waals surface area contributed by atoms with Gasteiger partial charge in [0.15, 0.2) is 0 Å². The second-order valence-electron chi connectivity index (χ2n) is 3.88. The molecule has 0 saturated carbocycles. The number of hydrogen-bond acceptors (Lipinski definition) is 0. The Hall–Kier alpha value is -1.52. The summed E-state index contributed by atoms with van der Waals surface area (Å²) in [4.78, 5) is 1.30. The van der Waals surface area contributed by atoms with Gasteiger partial charge in [0.05, 0.1) is 7.05 Å². The van der Waals surface area contributed by atoms with Crippen LogP contribution in [0.15, 0.2) is 36.9 Å². The standard InChI is InChI=1S/C14H17N/c1-5-13(3)15(4)11-12(2)14-9-7-6-8-10-14/h1,6-10,13H,2,11H2,3-4H3/p+1. The molecule has 1 N–H and O–H groups in total. The van der Waals surface area contributed by atoms with Crippen LogP contribution in [0.1, 0.15) is 12.5 Å². The summed E-state index contributed by atoms with van der Waals surface area (Å²) in [6.07, 6.45) is 5.39. The van der Waals surface area contributed by atoms with E-state index in [0.29, 0.717) is 0 Å². The first-order valence-corrected chi connectivity index (χ1v) is 5.16. The number of benzene rings is 1. The molecule has 78 valence electrons. The third-order valence-electron chi connectivity index (χ3n) is 2.66. The third kappa shape index (κ3) is 3.27. The van der Waals surface area contributed by atoms with Crippen molar-refractivity contribution >= 4 is 5.57 Å². The SMILES string of the molecule is C#CC(C)[NH+](C)CC(=C)c1ccccc1. The predicted molar refractivity (Wildman–Crippen MR) is 65.5 cm³/mol. The first kappa shape index (κ1) is 11.6. The van der Waals surface area contributed by atoms with Crippen molar-refractivity contribution < 1.29 is 4.90 Å². The van der Waals surface area contributed by atoms with E-state index >= 15 is 0 Å². The lowest BCUT2D eigenvalue weighted by Crippen LogP contribution is -3.12. The lowest BCUT2D eigenvalue weighted by atomic mass is 10.1. The van der Waals surface area contributed by atoms with Crippen molar-refractivity contribution in [2.45, 2.75) is 13.0 Å². The summed E-state index contributed by atoms with van der Waals surface area (Å²) in [7, 11) is 2.10. The van der Waals surface area contributed by atoms with Crippen LogP contribution in [0.4, 0.5) is 0 Å². The van der Waals surface area contributed by atoms with Gasteiger partial charge in [0, 0.05) is 5.57 Å². The molecule has 0 aliphatic heterocycles. The molecule has 1 nitrogen and oxygen atoms in total. The minimum absolute atomic E-state index is 0.227. The molecule has 15 heavy (non-hydrogen) atoms. The molecule has 1 heteroatoms. The van der Waals surface area contributed by atoms with Crippen LogP contribution in [-0.2, 0) is 0 Å². The minimum atomic E-state index is 0.227. The van der Waals surface area contributed by atoms with Gasteiger partial charge in [-0.3, -0.25) is 0 Å². The van der Waals surface area contributed by atoms with Crippen molar-refractivity contribution in [2.75, 3.05) is 13.6 Å². The average molecular weight is 200 g/mol. The lowest BCUT2D eigenvalue weighted by Gasteiger charge is -2.18. The topological polar surface area (TPSA) is 4.44 Å². The van der Waals surface area contributed by atoms with Crippen LogP contribution in [0.2, 0.25) is 0 Å². The van der Waals surface area contributed by atoms with Crippen LogP contribution < -0.4 is 4.90 Å². The molecule has 2 atom stereocenters. The van der Waals surface area contributed by atoms with Gasteiger partial charge in [-0.15, -0.1) is 6.42 Å². The van der Waals surface area contributed by atoms with E-state index in [-0.39, 0.29) is 6.04 Å². The summed E-state index contributed by atoms with van der Waals surface area (Å²) in [5, 5.41) is 0. The summed E-state index contributed by atoms with van der Waals surface area (Å²) in [5.74, 6) is 2.74. The molecule has 0 aliphatic rings. The molecule has 0 fully saturated rings. The number of likely N-dealkylation sites (N-methyl/N-ethyl adjacent to an activating group) is 1. The van der Waals surface area contributed by atoms with Gasteiger partial charge in [0.1, 0.15) is 12.6 Å². The molecule has 0 bridgehead atoms. The highest BCUT2D eigenvalue weighted by molar-refractivity contribution is 5.63. The number of rotatable bonds is 4. The van der Waals surface area contributed by atoms with Gasteiger partial charge in [0.2, 0.25) is 0 Å². The van der Waals surface area contributed by atoms with Crippen LogP contribution in [0.25, 0.3) is 5.57 Å². The van der Waals surface area contributed by atoms with Gasteiger partial charge in [-0.05, 0) is 18.4 Å². The quantitative estimate of drug-likeness (QED) is 0.697. The highest BCUT2D eigenvalue weighted by Crippen LogP contribution is 2.08. The van der Waals surface area contributed by atoms with Gasteiger partial charge >= 0.3 is 0 Å². The van der Waals surface area contributed by atoms with Gasteiger partial charge in [0.25, 0.3) is 0 Å². The van der Waals surface area contributed by atoms with E-state index in [9.17, 15) is 0 Å². The summed E-state index contributed by atoms with van der Waals surface area (Å²) >= 11 is 0. The van der Waals surface area contributed by atoms with Crippen molar-refractivity contribution in [3.63, 3.8) is 0 Å². The Morgan fingerprint density at radius 1 is 1.47 bits per heavy atom. The zero-order valence-corrected chi connectivity index (χ0v) is 9.46. The summed E-state index contributed by atoms with van der Waals surface area (Å²) < 4.78 is 0. The summed E-state index contributed by atoms with van der Waals surface area (Å²) in [6, 6.07) is 10.5. The number of terminal acetylenes is 1. The minimum Gasteiger partial charge on any atom is -0.321 e. The van der Waals surface area contributed by atoms with Crippen molar-refractivity contribution in [1.29, 1.82) is 0 Å². The highest BCUT2D eigenvalue weighted by Gasteiger charge is 2.11. The van der Waals surface area contributed by atoms with Gasteiger partial charge in [-0.2, -0.15) is 0 Å². The summed E-state index contributed by atoms with van der Waals surface area (Å²) in [6.45, 7) is 7.03. The first-order chi connectivity index (χ1) is 7.15. The number of quaternary nitrogens is 1. The van der Waals surface area contributed by atoms with E-state index in [2.05, 4.69) is 31.7 Å². The monoisotopic (exact) mass is 200 g/mol. The van der Waals surface area contributed by atoms with Crippen LogP contribution in [0, 0.1) is 12.3 Å². The molecular formula is C14H18N+. The Balaban J connectivity index is 2.62. The molecular weight excluding hydrogens is 182 g/mol. The fraction of sp³-hybridized carbons (Fsp3) is 0.286. The van der Waals surface area contributed by atoms with Crippen LogP contribution in [-0.4, -0.2) is 19.6 Å². The Morgan fingerprint density at radius 3 is 2.60 bits per heavy atom. The predicted octanol–water partition coefficient (Wildman–Crippen LogP) is 1.24. The fourth-order valence-electron chi connectivity index (χ4n) is 1.41. The number of nitrogens with one attached hydrogen (secondary N) is 1. The Morgan fingerprint density at radius 2 is 2.07 bits per heavy atom. The van der Waals surface area contributed by atoms with E-state index in [0.717, 1.165) is 12.1 Å². The molecule has 2 unspecified atom stereocenters. The molecule has 0 heterocycles. The maximum atomic E-state index is 5.39. The Kier molecular flexibility index (Phi) is 4.15. The highest BCUT2D eigenvalue weighted by atomic mass is 15.1. The van der Waals surface area contributed by atoms with E-state index in [1.807, 2.05) is 25.1 Å². The lowest BCUT2D eigenvalue weighted by molar-refractivity contribution is -0.887. The van der Waals surface area contributed by atoms with Crippen LogP contribution >= 0.6 is 0 Å². The third-order valence-corrected chi connectivity index (χ3v) is 2.66. The Labute approximate surface area is 92.4 Å². The molecule has 0 aromatic heterocycles. The zero-order chi connectivity index (χ0) is 11.3. The average Bonchev–Trinajstić information content (AvgIpc) is 2.29. The molecule has 0 spiro atoms. The molecule has 0 amide bonds.